The van der Waals surface area contributed by atoms with Crippen molar-refractivity contribution in [2.45, 2.75) is 0 Å². The van der Waals surface area contributed by atoms with Crippen LogP contribution in [0.2, 0.25) is 0 Å². The number of hydrogen-bond donors (Lipinski definition) is 0. The van der Waals surface area contributed by atoms with E-state index in [9.17, 15) is 10.1 Å². The molecule has 0 aliphatic carbocycles. The van der Waals surface area contributed by atoms with E-state index in [1.54, 1.807) is 24.4 Å². The number of nitro groups is 1. The van der Waals surface area contributed by atoms with Gasteiger partial charge in [0, 0.05) is 23.7 Å². The number of hydrogen-bond acceptors (Lipinski definition) is 5. The van der Waals surface area contributed by atoms with Crippen LogP contribution < -0.4 is 9.47 Å². The molecule has 0 fully saturated rings. The van der Waals surface area contributed by atoms with E-state index in [1.807, 2.05) is 0 Å². The summed E-state index contributed by atoms with van der Waals surface area (Å²) < 4.78 is 11.0. The minimum Gasteiger partial charge on any atom is -0.508 e. The van der Waals surface area contributed by atoms with Gasteiger partial charge in [-0.2, -0.15) is 0 Å². The Kier molecular flexibility index (Phi) is 3.95. The molecule has 0 aliphatic rings. The van der Waals surface area contributed by atoms with Crippen molar-refractivity contribution in [2.24, 2.45) is 0 Å². The fourth-order valence-corrected chi connectivity index (χ4v) is 2.24. The quantitative estimate of drug-likeness (QED) is 0.402. The van der Waals surface area contributed by atoms with Crippen LogP contribution in [0.4, 0.5) is 11.4 Å². The summed E-state index contributed by atoms with van der Waals surface area (Å²) in [5.41, 5.74) is 0.955. The molecule has 1 aromatic heterocycles. The molecule has 7 nitrogen and oxygen atoms in total. The van der Waals surface area contributed by atoms with E-state index >= 15 is 0 Å². The first kappa shape index (κ1) is 15.2. The number of pyridine rings is 1. The largest absolute Gasteiger partial charge is 0.508 e. The molecule has 0 bridgehead atoms. The van der Waals surface area contributed by atoms with Crippen molar-refractivity contribution < 1.29 is 14.4 Å². The minimum atomic E-state index is -0.470. The summed E-state index contributed by atoms with van der Waals surface area (Å²) >= 11 is 0. The van der Waals surface area contributed by atoms with E-state index in [2.05, 4.69) is 9.83 Å². The van der Waals surface area contributed by atoms with Gasteiger partial charge in [0.1, 0.15) is 17.2 Å². The number of methoxy groups -OCH3 is 1. The van der Waals surface area contributed by atoms with Crippen LogP contribution in [0.15, 0.2) is 48.7 Å². The van der Waals surface area contributed by atoms with Gasteiger partial charge in [0.2, 0.25) is 5.69 Å². The van der Waals surface area contributed by atoms with Gasteiger partial charge in [-0.1, -0.05) is 0 Å². The standard InChI is InChI=1S/C17H11N3O4/c1-18-15-10-14-13(9-17(15)23-2)16(7-8-19-14)24-12-5-3-11(4-6-12)20(21)22/h3-10H,2H3. The molecule has 118 valence electrons. The lowest BCUT2D eigenvalue weighted by molar-refractivity contribution is -0.384. The molecule has 24 heavy (non-hydrogen) atoms. The van der Waals surface area contributed by atoms with Crippen molar-refractivity contribution in [1.82, 2.24) is 4.98 Å². The number of aromatic nitrogens is 1. The van der Waals surface area contributed by atoms with Gasteiger partial charge in [-0.15, -0.1) is 0 Å². The molecule has 0 radical (unpaired) electrons. The van der Waals surface area contributed by atoms with Crippen molar-refractivity contribution >= 4 is 22.3 Å². The fraction of sp³-hybridized carbons (Fsp3) is 0.0588. The summed E-state index contributed by atoms with van der Waals surface area (Å²) in [6, 6.07) is 10.8. The summed E-state index contributed by atoms with van der Waals surface area (Å²) in [6.45, 7) is 7.18. The average Bonchev–Trinajstić information content (AvgIpc) is 2.61. The monoisotopic (exact) mass is 321 g/mol. The number of benzene rings is 2. The number of non-ortho nitro benzene ring substituents is 1. The Labute approximate surface area is 137 Å². The van der Waals surface area contributed by atoms with Crippen LogP contribution in [0.5, 0.6) is 17.2 Å². The normalized spacial score (nSPS) is 10.2. The lowest BCUT2D eigenvalue weighted by atomic mass is 10.1. The molecule has 0 saturated carbocycles. The van der Waals surface area contributed by atoms with E-state index in [4.69, 9.17) is 16.0 Å². The molecule has 0 saturated heterocycles. The highest BCUT2D eigenvalue weighted by atomic mass is 16.6. The maximum absolute atomic E-state index is 10.7. The molecule has 0 atom stereocenters. The Hall–Kier alpha value is -3.66. The maximum Gasteiger partial charge on any atom is 0.269 e. The van der Waals surface area contributed by atoms with Crippen molar-refractivity contribution in [3.8, 4) is 17.2 Å². The van der Waals surface area contributed by atoms with Crippen LogP contribution >= 0.6 is 0 Å². The van der Waals surface area contributed by atoms with Crippen LogP contribution in [0.1, 0.15) is 0 Å². The van der Waals surface area contributed by atoms with Gasteiger partial charge in [-0.25, -0.2) is 4.85 Å². The Balaban J connectivity index is 2.03. The number of rotatable bonds is 4. The van der Waals surface area contributed by atoms with Gasteiger partial charge in [-0.05, 0) is 30.3 Å². The van der Waals surface area contributed by atoms with E-state index in [-0.39, 0.29) is 5.69 Å². The lowest BCUT2D eigenvalue weighted by Gasteiger charge is -2.10. The summed E-state index contributed by atoms with van der Waals surface area (Å²) in [5, 5.41) is 11.4. The molecular weight excluding hydrogens is 310 g/mol. The topological polar surface area (TPSA) is 78.9 Å². The molecule has 3 aromatic rings. The minimum absolute atomic E-state index is 0.00898. The molecule has 7 heteroatoms. The highest BCUT2D eigenvalue weighted by Crippen LogP contribution is 2.37. The zero-order valence-corrected chi connectivity index (χ0v) is 12.6. The first-order valence-corrected chi connectivity index (χ1v) is 6.89. The number of nitro benzene ring substituents is 1. The zero-order valence-electron chi connectivity index (χ0n) is 12.6. The van der Waals surface area contributed by atoms with Gasteiger partial charge in [0.25, 0.3) is 5.69 Å². The second kappa shape index (κ2) is 6.22. The third kappa shape index (κ3) is 2.80. The molecule has 0 unspecified atom stereocenters. The smallest absolute Gasteiger partial charge is 0.269 e. The Morgan fingerprint density at radius 3 is 2.54 bits per heavy atom. The van der Waals surface area contributed by atoms with Gasteiger partial charge < -0.3 is 9.47 Å². The summed E-state index contributed by atoms with van der Waals surface area (Å²) in [5.74, 6) is 1.41. The first-order valence-electron chi connectivity index (χ1n) is 6.89. The van der Waals surface area contributed by atoms with Crippen molar-refractivity contribution in [3.63, 3.8) is 0 Å². The van der Waals surface area contributed by atoms with E-state index < -0.39 is 4.92 Å². The van der Waals surface area contributed by atoms with E-state index in [0.29, 0.717) is 33.8 Å². The van der Waals surface area contributed by atoms with Crippen molar-refractivity contribution in [3.05, 3.63) is 70.2 Å². The van der Waals surface area contributed by atoms with Crippen LogP contribution in [0.3, 0.4) is 0 Å². The highest BCUT2D eigenvalue weighted by molar-refractivity contribution is 5.90. The third-order valence-electron chi connectivity index (χ3n) is 3.40. The summed E-state index contributed by atoms with van der Waals surface area (Å²) in [6.07, 6.45) is 1.57. The lowest BCUT2D eigenvalue weighted by Crippen LogP contribution is -1.91. The Morgan fingerprint density at radius 2 is 1.92 bits per heavy atom. The van der Waals surface area contributed by atoms with Gasteiger partial charge in [-0.3, -0.25) is 15.1 Å². The molecule has 0 amide bonds. The predicted molar refractivity (Wildman–Crippen MR) is 87.7 cm³/mol. The molecular formula is C17H11N3O4. The molecule has 0 N–H and O–H groups in total. The highest BCUT2D eigenvalue weighted by Gasteiger charge is 2.11. The zero-order chi connectivity index (χ0) is 17.1. The predicted octanol–water partition coefficient (Wildman–Crippen LogP) is 4.49. The van der Waals surface area contributed by atoms with Gasteiger partial charge in [0.05, 0.1) is 24.1 Å². The Bertz CT molecular complexity index is 962. The molecule has 0 aliphatic heterocycles. The molecule has 0 spiro atoms. The first-order chi connectivity index (χ1) is 11.6. The molecule has 3 rings (SSSR count). The number of nitrogens with zero attached hydrogens (tertiary/aromatic N) is 3. The molecule has 2 aromatic carbocycles. The van der Waals surface area contributed by atoms with Gasteiger partial charge >= 0.3 is 0 Å². The van der Waals surface area contributed by atoms with Crippen LogP contribution in [0, 0.1) is 16.7 Å². The SMILES string of the molecule is [C-]#[N+]c1cc2nccc(Oc3ccc([N+](=O)[O-])cc3)c2cc1OC. The Morgan fingerprint density at radius 1 is 1.17 bits per heavy atom. The van der Waals surface area contributed by atoms with Crippen LogP contribution in [-0.4, -0.2) is 17.0 Å². The van der Waals surface area contributed by atoms with E-state index in [1.165, 1.54) is 31.4 Å². The number of ether oxygens (including phenoxy) is 2. The summed E-state index contributed by atoms with van der Waals surface area (Å²) in [7, 11) is 1.49. The second-order valence-electron chi connectivity index (χ2n) is 4.82. The van der Waals surface area contributed by atoms with Gasteiger partial charge in [0.15, 0.2) is 0 Å². The summed E-state index contributed by atoms with van der Waals surface area (Å²) in [4.78, 5) is 17.9. The van der Waals surface area contributed by atoms with Crippen LogP contribution in [0.25, 0.3) is 15.7 Å². The number of fused-ring (bicyclic) bond motifs is 1. The van der Waals surface area contributed by atoms with Crippen molar-refractivity contribution in [1.29, 1.82) is 0 Å². The third-order valence-corrected chi connectivity index (χ3v) is 3.40. The maximum atomic E-state index is 10.7. The fourth-order valence-electron chi connectivity index (χ4n) is 2.24. The van der Waals surface area contributed by atoms with Crippen LogP contribution in [-0.2, 0) is 0 Å². The second-order valence-corrected chi connectivity index (χ2v) is 4.82. The molecule has 1 heterocycles. The van der Waals surface area contributed by atoms with Crippen molar-refractivity contribution in [2.75, 3.05) is 7.11 Å². The average molecular weight is 321 g/mol. The van der Waals surface area contributed by atoms with E-state index in [0.717, 1.165) is 0 Å².